The van der Waals surface area contributed by atoms with Crippen molar-refractivity contribution in [3.8, 4) is 0 Å². The fourth-order valence-corrected chi connectivity index (χ4v) is 3.96. The summed E-state index contributed by atoms with van der Waals surface area (Å²) < 4.78 is 26.4. The quantitative estimate of drug-likeness (QED) is 0.113. The van der Waals surface area contributed by atoms with Crippen LogP contribution in [0.25, 0.3) is 0 Å². The van der Waals surface area contributed by atoms with Gasteiger partial charge in [0.1, 0.15) is 24.1 Å². The molecule has 0 saturated carbocycles. The van der Waals surface area contributed by atoms with E-state index < -0.39 is 24.0 Å². The van der Waals surface area contributed by atoms with Gasteiger partial charge in [-0.2, -0.15) is 0 Å². The molecule has 2 heterocycles. The van der Waals surface area contributed by atoms with Gasteiger partial charge in [0.2, 0.25) is 0 Å². The first kappa shape index (κ1) is 35.7. The molecular formula is C29H42N4O10. The molecular weight excluding hydrogens is 564 g/mol. The van der Waals surface area contributed by atoms with E-state index in [9.17, 15) is 24.6 Å². The van der Waals surface area contributed by atoms with Gasteiger partial charge in [0.25, 0.3) is 0 Å². The third-order valence-electron chi connectivity index (χ3n) is 6.10. The summed E-state index contributed by atoms with van der Waals surface area (Å²) in [5, 5.41) is 19.0. The van der Waals surface area contributed by atoms with Crippen LogP contribution in [-0.2, 0) is 41.6 Å². The Hall–Kier alpha value is -3.53. The predicted molar refractivity (Wildman–Crippen MR) is 153 cm³/mol. The van der Waals surface area contributed by atoms with E-state index in [1.807, 2.05) is 9.80 Å². The molecule has 2 N–H and O–H groups in total. The highest BCUT2D eigenvalue weighted by molar-refractivity contribution is 5.87. The maximum absolute atomic E-state index is 11.8. The molecule has 14 heteroatoms. The van der Waals surface area contributed by atoms with Crippen molar-refractivity contribution in [2.75, 3.05) is 80.0 Å². The second-order valence-corrected chi connectivity index (χ2v) is 9.38. The van der Waals surface area contributed by atoms with Crippen LogP contribution in [0.2, 0.25) is 0 Å². The molecule has 2 aromatic heterocycles. The fraction of sp³-hybridized carbons (Fsp3) is 0.552. The number of esters is 3. The lowest BCUT2D eigenvalue weighted by Crippen LogP contribution is -2.35. The molecule has 0 saturated heterocycles. The molecule has 0 spiro atoms. The highest BCUT2D eigenvalue weighted by Crippen LogP contribution is 2.08. The van der Waals surface area contributed by atoms with Gasteiger partial charge in [-0.1, -0.05) is 12.1 Å². The number of aliphatic hydroxyl groups excluding tert-OH is 2. The standard InChI is InChI=1S/C29H42N4O10/c1-22(36)43-21-25(42-17-13-33(11-15-35)19-24-7-5-9-27(31-24)29(38)40-3)20-41-16-12-32(10-14-34)18-23-6-4-8-26(30-23)28(37)39-2/h4-9,25,34-35H,10-21H2,1-3H3/t25-/m1/s1. The summed E-state index contributed by atoms with van der Waals surface area (Å²) in [7, 11) is 2.58. The number of rotatable bonds is 21. The van der Waals surface area contributed by atoms with Crippen molar-refractivity contribution in [3.63, 3.8) is 0 Å². The summed E-state index contributed by atoms with van der Waals surface area (Å²) >= 11 is 0. The van der Waals surface area contributed by atoms with Crippen LogP contribution in [0.3, 0.4) is 0 Å². The number of carbonyl (C=O) groups excluding carboxylic acids is 3. The molecule has 0 aliphatic carbocycles. The number of carbonyl (C=O) groups is 3. The maximum atomic E-state index is 11.8. The zero-order chi connectivity index (χ0) is 31.5. The minimum Gasteiger partial charge on any atom is -0.464 e. The van der Waals surface area contributed by atoms with Gasteiger partial charge in [-0.25, -0.2) is 19.6 Å². The molecule has 0 aliphatic rings. The van der Waals surface area contributed by atoms with Gasteiger partial charge in [-0.3, -0.25) is 14.6 Å². The monoisotopic (exact) mass is 606 g/mol. The molecule has 14 nitrogen and oxygen atoms in total. The second-order valence-electron chi connectivity index (χ2n) is 9.38. The van der Waals surface area contributed by atoms with E-state index in [2.05, 4.69) is 9.97 Å². The maximum Gasteiger partial charge on any atom is 0.356 e. The molecule has 43 heavy (non-hydrogen) atoms. The Morgan fingerprint density at radius 3 is 1.74 bits per heavy atom. The summed E-state index contributed by atoms with van der Waals surface area (Å²) in [6.45, 7) is 4.27. The van der Waals surface area contributed by atoms with E-state index in [0.29, 0.717) is 57.3 Å². The van der Waals surface area contributed by atoms with Crippen molar-refractivity contribution in [1.82, 2.24) is 19.8 Å². The summed E-state index contributed by atoms with van der Waals surface area (Å²) in [6.07, 6.45) is -0.537. The molecule has 0 amide bonds. The van der Waals surface area contributed by atoms with E-state index in [0.717, 1.165) is 0 Å². The second kappa shape index (κ2) is 20.4. The molecule has 2 rings (SSSR count). The van der Waals surface area contributed by atoms with Crippen LogP contribution in [0.15, 0.2) is 36.4 Å². The summed E-state index contributed by atoms with van der Waals surface area (Å²) in [4.78, 5) is 47.5. The number of nitrogens with zero attached hydrogens (tertiary/aromatic N) is 4. The Balaban J connectivity index is 1.88. The Kier molecular flexibility index (Phi) is 16.9. The first-order valence-corrected chi connectivity index (χ1v) is 13.9. The van der Waals surface area contributed by atoms with Gasteiger partial charge < -0.3 is 33.9 Å². The molecule has 0 unspecified atom stereocenters. The SMILES string of the molecule is COC(=O)c1cccc(CN(CCO)CCOC[C@H](COC(C)=O)OCCN(CCO)Cc2cccc(C(=O)OC)n2)n1. The topological polar surface area (TPSA) is 170 Å². The molecule has 0 bridgehead atoms. The summed E-state index contributed by atoms with van der Waals surface area (Å²) in [5.41, 5.74) is 1.68. The van der Waals surface area contributed by atoms with E-state index in [1.165, 1.54) is 21.1 Å². The van der Waals surface area contributed by atoms with Crippen LogP contribution in [0.1, 0.15) is 39.3 Å². The number of pyridine rings is 2. The lowest BCUT2D eigenvalue weighted by Gasteiger charge is -2.24. The van der Waals surface area contributed by atoms with Gasteiger partial charge in [0, 0.05) is 46.2 Å². The summed E-state index contributed by atoms with van der Waals surface area (Å²) in [6, 6.07) is 10.1. The Labute approximate surface area is 251 Å². The smallest absolute Gasteiger partial charge is 0.356 e. The first-order valence-electron chi connectivity index (χ1n) is 13.9. The van der Waals surface area contributed by atoms with E-state index in [1.54, 1.807) is 36.4 Å². The number of aromatic nitrogens is 2. The number of hydrogen-bond donors (Lipinski definition) is 2. The number of aliphatic hydroxyl groups is 2. The number of methoxy groups -OCH3 is 2. The molecule has 0 radical (unpaired) electrons. The highest BCUT2D eigenvalue weighted by atomic mass is 16.6. The molecule has 0 aromatic carbocycles. The number of ether oxygens (including phenoxy) is 5. The third-order valence-corrected chi connectivity index (χ3v) is 6.10. The first-order chi connectivity index (χ1) is 20.8. The molecule has 2 aromatic rings. The zero-order valence-corrected chi connectivity index (χ0v) is 25.0. The fourth-order valence-electron chi connectivity index (χ4n) is 3.96. The van der Waals surface area contributed by atoms with Crippen LogP contribution < -0.4 is 0 Å². The van der Waals surface area contributed by atoms with E-state index in [-0.39, 0.29) is 44.4 Å². The largest absolute Gasteiger partial charge is 0.464 e. The molecule has 0 fully saturated rings. The van der Waals surface area contributed by atoms with Crippen molar-refractivity contribution in [1.29, 1.82) is 0 Å². The average molecular weight is 607 g/mol. The predicted octanol–water partition coefficient (Wildman–Crippen LogP) is 0.304. The van der Waals surface area contributed by atoms with Crippen molar-refractivity contribution in [3.05, 3.63) is 59.2 Å². The number of hydrogen-bond acceptors (Lipinski definition) is 14. The van der Waals surface area contributed by atoms with Crippen molar-refractivity contribution >= 4 is 17.9 Å². The van der Waals surface area contributed by atoms with Gasteiger partial charge in [-0.15, -0.1) is 0 Å². The molecule has 238 valence electrons. The Morgan fingerprint density at radius 2 is 1.28 bits per heavy atom. The van der Waals surface area contributed by atoms with Crippen molar-refractivity contribution in [2.45, 2.75) is 26.1 Å². The van der Waals surface area contributed by atoms with Gasteiger partial charge >= 0.3 is 17.9 Å². The van der Waals surface area contributed by atoms with Gasteiger partial charge in [0.05, 0.1) is 58.6 Å². The molecule has 1 atom stereocenters. The summed E-state index contributed by atoms with van der Waals surface area (Å²) in [5.74, 6) is -1.50. The van der Waals surface area contributed by atoms with Gasteiger partial charge in [-0.05, 0) is 24.3 Å². The van der Waals surface area contributed by atoms with Crippen LogP contribution in [-0.4, -0.2) is 134 Å². The van der Waals surface area contributed by atoms with Crippen LogP contribution in [0.4, 0.5) is 0 Å². The minimum atomic E-state index is -0.537. The lowest BCUT2D eigenvalue weighted by atomic mass is 10.2. The van der Waals surface area contributed by atoms with Crippen LogP contribution in [0, 0.1) is 0 Å². The lowest BCUT2D eigenvalue weighted by molar-refractivity contribution is -0.147. The Bertz CT molecular complexity index is 1140. The van der Waals surface area contributed by atoms with Crippen molar-refractivity contribution < 1.29 is 48.3 Å². The van der Waals surface area contributed by atoms with E-state index in [4.69, 9.17) is 23.7 Å². The van der Waals surface area contributed by atoms with Crippen molar-refractivity contribution in [2.24, 2.45) is 0 Å². The normalized spacial score (nSPS) is 11.9. The Morgan fingerprint density at radius 1 is 0.767 bits per heavy atom. The molecule has 0 aliphatic heterocycles. The van der Waals surface area contributed by atoms with E-state index >= 15 is 0 Å². The van der Waals surface area contributed by atoms with Crippen LogP contribution >= 0.6 is 0 Å². The third kappa shape index (κ3) is 14.0. The highest BCUT2D eigenvalue weighted by Gasteiger charge is 2.16. The average Bonchev–Trinajstić information content (AvgIpc) is 3.01. The van der Waals surface area contributed by atoms with Crippen LogP contribution in [0.5, 0.6) is 0 Å². The van der Waals surface area contributed by atoms with Gasteiger partial charge in [0.15, 0.2) is 0 Å². The minimum absolute atomic E-state index is 0.00264. The zero-order valence-electron chi connectivity index (χ0n) is 25.0.